The molecule has 112 valence electrons. The summed E-state index contributed by atoms with van der Waals surface area (Å²) < 4.78 is 0. The van der Waals surface area contributed by atoms with Gasteiger partial charge in [-0.15, -0.1) is 10.2 Å². The summed E-state index contributed by atoms with van der Waals surface area (Å²) in [6, 6.07) is 0.540. The van der Waals surface area contributed by atoms with Gasteiger partial charge in [-0.2, -0.15) is 0 Å². The number of rotatable bonds is 5. The first kappa shape index (κ1) is 15.2. The summed E-state index contributed by atoms with van der Waals surface area (Å²) in [4.78, 5) is 16.6. The first-order valence-electron chi connectivity index (χ1n) is 7.22. The topological polar surface area (TPSA) is 61.4 Å². The van der Waals surface area contributed by atoms with Gasteiger partial charge in [-0.3, -0.25) is 9.69 Å². The van der Waals surface area contributed by atoms with Gasteiger partial charge < -0.3 is 10.2 Å². The summed E-state index contributed by atoms with van der Waals surface area (Å²) in [5.74, 6) is 0.00968. The van der Waals surface area contributed by atoms with Crippen molar-refractivity contribution >= 4 is 22.4 Å². The van der Waals surface area contributed by atoms with E-state index in [0.717, 1.165) is 44.3 Å². The molecule has 0 spiro atoms. The van der Waals surface area contributed by atoms with Crippen molar-refractivity contribution in [2.75, 3.05) is 38.0 Å². The van der Waals surface area contributed by atoms with Crippen molar-refractivity contribution in [2.24, 2.45) is 0 Å². The molecule has 0 aliphatic carbocycles. The lowest BCUT2D eigenvalue weighted by Gasteiger charge is -2.36. The third-order valence-electron chi connectivity index (χ3n) is 3.47. The van der Waals surface area contributed by atoms with Crippen LogP contribution in [0.5, 0.6) is 0 Å². The minimum atomic E-state index is 0.00968. The van der Waals surface area contributed by atoms with Gasteiger partial charge in [0.15, 0.2) is 0 Å². The Balaban J connectivity index is 1.90. The van der Waals surface area contributed by atoms with Crippen LogP contribution in [0.3, 0.4) is 0 Å². The summed E-state index contributed by atoms with van der Waals surface area (Å²) in [6.07, 6.45) is 1.03. The Morgan fingerprint density at radius 2 is 2.00 bits per heavy atom. The summed E-state index contributed by atoms with van der Waals surface area (Å²) in [6.45, 7) is 10.7. The third kappa shape index (κ3) is 3.67. The lowest BCUT2D eigenvalue weighted by molar-refractivity contribution is 0.0594. The van der Waals surface area contributed by atoms with Crippen molar-refractivity contribution in [3.63, 3.8) is 0 Å². The molecule has 0 bridgehead atoms. The molecule has 0 atom stereocenters. The fourth-order valence-corrected chi connectivity index (χ4v) is 2.93. The Morgan fingerprint density at radius 3 is 2.60 bits per heavy atom. The van der Waals surface area contributed by atoms with Gasteiger partial charge in [-0.1, -0.05) is 18.3 Å². The van der Waals surface area contributed by atoms with Crippen molar-refractivity contribution in [3.8, 4) is 0 Å². The zero-order chi connectivity index (χ0) is 14.5. The normalized spacial score (nSPS) is 16.7. The average Bonchev–Trinajstić information content (AvgIpc) is 2.93. The zero-order valence-electron chi connectivity index (χ0n) is 12.4. The standard InChI is InChI=1S/C13H23N5OS/c1-4-5-14-13-16-15-11(20-13)12(19)18-8-6-17(7-9-18)10(2)3/h10H,4-9H2,1-3H3,(H,14,16). The number of nitrogens with one attached hydrogen (secondary N) is 1. The minimum absolute atomic E-state index is 0.00968. The molecule has 1 aromatic rings. The molecule has 1 aliphatic rings. The summed E-state index contributed by atoms with van der Waals surface area (Å²) in [7, 11) is 0. The predicted molar refractivity (Wildman–Crippen MR) is 81.3 cm³/mol. The van der Waals surface area contributed by atoms with E-state index >= 15 is 0 Å². The molecule has 1 aliphatic heterocycles. The van der Waals surface area contributed by atoms with E-state index in [-0.39, 0.29) is 5.91 Å². The number of nitrogens with zero attached hydrogens (tertiary/aromatic N) is 4. The van der Waals surface area contributed by atoms with Crippen molar-refractivity contribution in [1.82, 2.24) is 20.0 Å². The van der Waals surface area contributed by atoms with E-state index in [0.29, 0.717) is 11.0 Å². The highest BCUT2D eigenvalue weighted by Crippen LogP contribution is 2.18. The van der Waals surface area contributed by atoms with Crippen LogP contribution in [0.25, 0.3) is 0 Å². The summed E-state index contributed by atoms with van der Waals surface area (Å²) in [5, 5.41) is 12.4. The van der Waals surface area contributed by atoms with E-state index in [4.69, 9.17) is 0 Å². The molecule has 1 amide bonds. The smallest absolute Gasteiger partial charge is 0.284 e. The fraction of sp³-hybridized carbons (Fsp3) is 0.769. The minimum Gasteiger partial charge on any atom is -0.360 e. The number of amides is 1. The number of piperazine rings is 1. The molecule has 7 heteroatoms. The SMILES string of the molecule is CCCNc1nnc(C(=O)N2CCN(C(C)C)CC2)s1. The number of hydrogen-bond acceptors (Lipinski definition) is 6. The van der Waals surface area contributed by atoms with Crippen LogP contribution in [0.4, 0.5) is 5.13 Å². The Kier molecular flexibility index (Phi) is 5.31. The highest BCUT2D eigenvalue weighted by molar-refractivity contribution is 7.17. The van der Waals surface area contributed by atoms with Crippen LogP contribution in [-0.4, -0.2) is 64.7 Å². The highest BCUT2D eigenvalue weighted by atomic mass is 32.1. The van der Waals surface area contributed by atoms with Crippen LogP contribution < -0.4 is 5.32 Å². The molecule has 6 nitrogen and oxygen atoms in total. The van der Waals surface area contributed by atoms with Crippen LogP contribution in [0.2, 0.25) is 0 Å². The molecule has 2 rings (SSSR count). The number of hydrogen-bond donors (Lipinski definition) is 1. The molecule has 20 heavy (non-hydrogen) atoms. The second kappa shape index (κ2) is 6.99. The van der Waals surface area contributed by atoms with Gasteiger partial charge in [0, 0.05) is 38.8 Å². The van der Waals surface area contributed by atoms with Gasteiger partial charge in [-0.25, -0.2) is 0 Å². The van der Waals surface area contributed by atoms with Gasteiger partial charge in [0.05, 0.1) is 0 Å². The van der Waals surface area contributed by atoms with Crippen LogP contribution in [0.15, 0.2) is 0 Å². The molecular formula is C13H23N5OS. The lowest BCUT2D eigenvalue weighted by atomic mass is 10.2. The maximum absolute atomic E-state index is 12.4. The second-order valence-electron chi connectivity index (χ2n) is 5.26. The Labute approximate surface area is 124 Å². The van der Waals surface area contributed by atoms with Gasteiger partial charge in [-0.05, 0) is 20.3 Å². The molecule has 0 unspecified atom stereocenters. The number of carbonyl (C=O) groups excluding carboxylic acids is 1. The highest BCUT2D eigenvalue weighted by Gasteiger charge is 2.25. The molecule has 2 heterocycles. The van der Waals surface area contributed by atoms with Gasteiger partial charge in [0.25, 0.3) is 5.91 Å². The molecule has 1 N–H and O–H groups in total. The predicted octanol–water partition coefficient (Wildman–Crippen LogP) is 1.53. The number of carbonyl (C=O) groups is 1. The van der Waals surface area contributed by atoms with Crippen LogP contribution >= 0.6 is 11.3 Å². The monoisotopic (exact) mass is 297 g/mol. The maximum Gasteiger partial charge on any atom is 0.284 e. The fourth-order valence-electron chi connectivity index (χ4n) is 2.19. The summed E-state index contributed by atoms with van der Waals surface area (Å²) in [5.41, 5.74) is 0. The van der Waals surface area contributed by atoms with E-state index in [9.17, 15) is 4.79 Å². The van der Waals surface area contributed by atoms with Crippen molar-refractivity contribution in [3.05, 3.63) is 5.01 Å². The van der Waals surface area contributed by atoms with E-state index in [1.807, 2.05) is 4.90 Å². The third-order valence-corrected chi connectivity index (χ3v) is 4.33. The molecule has 1 fully saturated rings. The van der Waals surface area contributed by atoms with Gasteiger partial charge in [0.1, 0.15) is 0 Å². The molecule has 0 radical (unpaired) electrons. The Hall–Kier alpha value is -1.21. The van der Waals surface area contributed by atoms with Gasteiger partial charge >= 0.3 is 0 Å². The van der Waals surface area contributed by atoms with E-state index in [1.54, 1.807) is 0 Å². The molecular weight excluding hydrogens is 274 g/mol. The molecule has 0 saturated carbocycles. The number of aromatic nitrogens is 2. The summed E-state index contributed by atoms with van der Waals surface area (Å²) >= 11 is 1.34. The van der Waals surface area contributed by atoms with E-state index in [1.165, 1.54) is 11.3 Å². The van der Waals surface area contributed by atoms with E-state index in [2.05, 4.69) is 41.2 Å². The molecule has 0 aromatic carbocycles. The van der Waals surface area contributed by atoms with E-state index < -0.39 is 0 Å². The van der Waals surface area contributed by atoms with Crippen molar-refractivity contribution in [2.45, 2.75) is 33.2 Å². The molecule has 1 saturated heterocycles. The van der Waals surface area contributed by atoms with Crippen LogP contribution in [0, 0.1) is 0 Å². The first-order chi connectivity index (χ1) is 9.61. The van der Waals surface area contributed by atoms with Crippen molar-refractivity contribution in [1.29, 1.82) is 0 Å². The van der Waals surface area contributed by atoms with Crippen LogP contribution in [-0.2, 0) is 0 Å². The average molecular weight is 297 g/mol. The van der Waals surface area contributed by atoms with Gasteiger partial charge in [0.2, 0.25) is 10.1 Å². The second-order valence-corrected chi connectivity index (χ2v) is 6.24. The van der Waals surface area contributed by atoms with Crippen LogP contribution in [0.1, 0.15) is 37.0 Å². The lowest BCUT2D eigenvalue weighted by Crippen LogP contribution is -2.50. The maximum atomic E-state index is 12.4. The van der Waals surface area contributed by atoms with Crippen molar-refractivity contribution < 1.29 is 4.79 Å². The first-order valence-corrected chi connectivity index (χ1v) is 8.04. The Bertz CT molecular complexity index is 440. The zero-order valence-corrected chi connectivity index (χ0v) is 13.2. The Morgan fingerprint density at radius 1 is 1.30 bits per heavy atom. The largest absolute Gasteiger partial charge is 0.360 e. The number of anilines is 1. The molecule has 1 aromatic heterocycles. The quantitative estimate of drug-likeness (QED) is 0.893.